The fourth-order valence-electron chi connectivity index (χ4n) is 1.98. The third-order valence-corrected chi connectivity index (χ3v) is 2.51. The minimum Gasteiger partial charge on any atom is -0.303 e. The van der Waals surface area contributed by atoms with E-state index in [9.17, 15) is 4.79 Å². The summed E-state index contributed by atoms with van der Waals surface area (Å²) < 4.78 is 0. The van der Waals surface area contributed by atoms with Gasteiger partial charge in [-0.05, 0) is 24.7 Å². The summed E-state index contributed by atoms with van der Waals surface area (Å²) in [6.45, 7) is 0. The van der Waals surface area contributed by atoms with Crippen LogP contribution in [-0.4, -0.2) is 6.29 Å². The quantitative estimate of drug-likeness (QED) is 0.379. The average molecular weight is 122 g/mol. The normalized spacial score (nSPS) is 46.0. The maximum atomic E-state index is 10.4. The molecule has 1 heteroatoms. The molecular weight excluding hydrogens is 112 g/mol. The second-order valence-corrected chi connectivity index (χ2v) is 3.08. The van der Waals surface area contributed by atoms with E-state index in [1.165, 1.54) is 6.42 Å². The third kappa shape index (κ3) is 0.640. The van der Waals surface area contributed by atoms with E-state index >= 15 is 0 Å². The molecule has 0 spiro atoms. The van der Waals surface area contributed by atoms with Crippen LogP contribution in [0.2, 0.25) is 0 Å². The van der Waals surface area contributed by atoms with Gasteiger partial charge in [-0.1, -0.05) is 12.2 Å². The monoisotopic (exact) mass is 122 g/mol. The Morgan fingerprint density at radius 3 is 2.56 bits per heavy atom. The summed E-state index contributed by atoms with van der Waals surface area (Å²) in [4.78, 5) is 10.4. The van der Waals surface area contributed by atoms with Crippen molar-refractivity contribution in [2.24, 2.45) is 17.8 Å². The molecule has 0 aliphatic heterocycles. The van der Waals surface area contributed by atoms with Crippen LogP contribution in [0.15, 0.2) is 12.2 Å². The second kappa shape index (κ2) is 1.69. The molecule has 0 amide bonds. The Bertz CT molecular complexity index is 160. The summed E-state index contributed by atoms with van der Waals surface area (Å²) in [5.41, 5.74) is 0. The van der Waals surface area contributed by atoms with Crippen molar-refractivity contribution < 1.29 is 4.79 Å². The van der Waals surface area contributed by atoms with Crippen LogP contribution in [0.4, 0.5) is 0 Å². The van der Waals surface area contributed by atoms with Crippen molar-refractivity contribution >= 4 is 6.29 Å². The van der Waals surface area contributed by atoms with Gasteiger partial charge in [-0.2, -0.15) is 0 Å². The lowest BCUT2D eigenvalue weighted by atomic mass is 9.95. The smallest absolute Gasteiger partial charge is 0.123 e. The van der Waals surface area contributed by atoms with E-state index in [1.54, 1.807) is 0 Å². The van der Waals surface area contributed by atoms with Crippen LogP contribution >= 0.6 is 0 Å². The van der Waals surface area contributed by atoms with Gasteiger partial charge in [-0.15, -0.1) is 0 Å². The van der Waals surface area contributed by atoms with Crippen molar-refractivity contribution in [2.45, 2.75) is 12.8 Å². The van der Waals surface area contributed by atoms with E-state index < -0.39 is 0 Å². The molecule has 9 heavy (non-hydrogen) atoms. The van der Waals surface area contributed by atoms with Gasteiger partial charge in [0.15, 0.2) is 0 Å². The van der Waals surface area contributed by atoms with Crippen molar-refractivity contribution in [1.29, 1.82) is 0 Å². The molecule has 2 aliphatic rings. The van der Waals surface area contributed by atoms with Crippen LogP contribution in [0, 0.1) is 17.8 Å². The fraction of sp³-hybridized carbons (Fsp3) is 0.625. The lowest BCUT2D eigenvalue weighted by Crippen LogP contribution is -2.07. The Labute approximate surface area is 54.8 Å². The standard InChI is InChI=1S/C8H10O/c9-5-8-4-6-1-2-7(8)3-6/h1-2,5-8H,3-4H2/t6?,7?,8-/m0/s1. The van der Waals surface area contributed by atoms with Crippen molar-refractivity contribution in [3.8, 4) is 0 Å². The van der Waals surface area contributed by atoms with E-state index in [1.807, 2.05) is 0 Å². The lowest BCUT2D eigenvalue weighted by Gasteiger charge is -2.08. The average Bonchev–Trinajstić information content (AvgIpc) is 2.45. The molecule has 0 N–H and O–H groups in total. The van der Waals surface area contributed by atoms with E-state index in [0.717, 1.165) is 18.6 Å². The Hall–Kier alpha value is -0.590. The number of allylic oxidation sites excluding steroid dienone is 2. The van der Waals surface area contributed by atoms with Crippen LogP contribution in [0.5, 0.6) is 0 Å². The van der Waals surface area contributed by atoms with Crippen molar-refractivity contribution in [3.63, 3.8) is 0 Å². The predicted molar refractivity (Wildman–Crippen MR) is 34.9 cm³/mol. The summed E-state index contributed by atoms with van der Waals surface area (Å²) in [6, 6.07) is 0. The van der Waals surface area contributed by atoms with E-state index in [-0.39, 0.29) is 0 Å². The predicted octanol–water partition coefficient (Wildman–Crippen LogP) is 1.40. The highest BCUT2D eigenvalue weighted by Crippen LogP contribution is 2.42. The highest BCUT2D eigenvalue weighted by Gasteiger charge is 2.34. The number of carbonyl (C=O) groups is 1. The first-order chi connectivity index (χ1) is 4.40. The molecule has 2 unspecified atom stereocenters. The van der Waals surface area contributed by atoms with Crippen molar-refractivity contribution in [3.05, 3.63) is 12.2 Å². The topological polar surface area (TPSA) is 17.1 Å². The first-order valence-electron chi connectivity index (χ1n) is 3.54. The number of fused-ring (bicyclic) bond motifs is 2. The number of carbonyl (C=O) groups excluding carboxylic acids is 1. The molecule has 1 fully saturated rings. The van der Waals surface area contributed by atoms with Gasteiger partial charge >= 0.3 is 0 Å². The fourth-order valence-corrected chi connectivity index (χ4v) is 1.98. The molecule has 1 nitrogen and oxygen atoms in total. The zero-order valence-corrected chi connectivity index (χ0v) is 5.29. The summed E-state index contributed by atoms with van der Waals surface area (Å²) in [5, 5.41) is 0. The van der Waals surface area contributed by atoms with Crippen LogP contribution in [0.1, 0.15) is 12.8 Å². The Kier molecular flexibility index (Phi) is 0.981. The molecule has 0 saturated heterocycles. The first kappa shape index (κ1) is 5.21. The molecule has 0 radical (unpaired) electrons. The van der Waals surface area contributed by atoms with E-state index in [4.69, 9.17) is 0 Å². The maximum absolute atomic E-state index is 10.4. The molecular formula is C8H10O. The number of aldehydes is 1. The molecule has 2 aliphatic carbocycles. The molecule has 3 atom stereocenters. The van der Waals surface area contributed by atoms with Gasteiger partial charge < -0.3 is 4.79 Å². The van der Waals surface area contributed by atoms with Gasteiger partial charge in [0.2, 0.25) is 0 Å². The lowest BCUT2D eigenvalue weighted by molar-refractivity contribution is -0.111. The van der Waals surface area contributed by atoms with Gasteiger partial charge in [-0.25, -0.2) is 0 Å². The molecule has 2 rings (SSSR count). The molecule has 0 aromatic rings. The number of hydrogen-bond acceptors (Lipinski definition) is 1. The molecule has 0 heterocycles. The minimum atomic E-state index is 0.361. The maximum Gasteiger partial charge on any atom is 0.123 e. The van der Waals surface area contributed by atoms with Crippen molar-refractivity contribution in [1.82, 2.24) is 0 Å². The Balaban J connectivity index is 2.19. The van der Waals surface area contributed by atoms with Gasteiger partial charge in [0.25, 0.3) is 0 Å². The summed E-state index contributed by atoms with van der Waals surface area (Å²) in [6.07, 6.45) is 7.93. The highest BCUT2D eigenvalue weighted by molar-refractivity contribution is 5.56. The molecule has 0 aromatic heterocycles. The first-order valence-corrected chi connectivity index (χ1v) is 3.54. The molecule has 2 bridgehead atoms. The largest absolute Gasteiger partial charge is 0.303 e. The minimum absolute atomic E-state index is 0.361. The number of rotatable bonds is 1. The Morgan fingerprint density at radius 1 is 1.33 bits per heavy atom. The second-order valence-electron chi connectivity index (χ2n) is 3.08. The number of hydrogen-bond donors (Lipinski definition) is 0. The summed E-state index contributed by atoms with van der Waals surface area (Å²) in [7, 11) is 0. The van der Waals surface area contributed by atoms with Gasteiger partial charge in [0, 0.05) is 5.92 Å². The van der Waals surface area contributed by atoms with E-state index in [0.29, 0.717) is 11.8 Å². The zero-order valence-electron chi connectivity index (χ0n) is 5.29. The Morgan fingerprint density at radius 2 is 2.22 bits per heavy atom. The van der Waals surface area contributed by atoms with Crippen LogP contribution < -0.4 is 0 Å². The summed E-state index contributed by atoms with van der Waals surface area (Å²) >= 11 is 0. The van der Waals surface area contributed by atoms with Crippen LogP contribution in [0.25, 0.3) is 0 Å². The highest BCUT2D eigenvalue weighted by atomic mass is 16.1. The van der Waals surface area contributed by atoms with E-state index in [2.05, 4.69) is 12.2 Å². The molecule has 1 saturated carbocycles. The van der Waals surface area contributed by atoms with Gasteiger partial charge in [-0.3, -0.25) is 0 Å². The zero-order chi connectivity index (χ0) is 6.27. The van der Waals surface area contributed by atoms with Crippen molar-refractivity contribution in [2.75, 3.05) is 0 Å². The molecule has 0 aromatic carbocycles. The van der Waals surface area contributed by atoms with Crippen LogP contribution in [0.3, 0.4) is 0 Å². The van der Waals surface area contributed by atoms with Gasteiger partial charge in [0.05, 0.1) is 0 Å². The SMILES string of the molecule is O=C[C@@H]1CC2C=CC1C2. The van der Waals surface area contributed by atoms with Crippen LogP contribution in [-0.2, 0) is 4.79 Å². The molecule has 48 valence electrons. The third-order valence-electron chi connectivity index (χ3n) is 2.51. The van der Waals surface area contributed by atoms with Gasteiger partial charge in [0.1, 0.15) is 6.29 Å². The summed E-state index contributed by atoms with van der Waals surface area (Å²) in [5.74, 6) is 1.71.